The van der Waals surface area contributed by atoms with E-state index in [-0.39, 0.29) is 6.04 Å². The summed E-state index contributed by atoms with van der Waals surface area (Å²) in [5, 5.41) is 4.00. The zero-order valence-corrected chi connectivity index (χ0v) is 11.5. The summed E-state index contributed by atoms with van der Waals surface area (Å²) in [6.07, 6.45) is 3.19. The maximum absolute atomic E-state index is 6.05. The largest absolute Gasteiger partial charge is 0.339 e. The fraction of sp³-hybridized carbons (Fsp3) is 0.429. The molecule has 1 aliphatic carbocycles. The Hall–Kier alpha value is -1.33. The topological polar surface area (TPSA) is 64.9 Å². The van der Waals surface area contributed by atoms with Gasteiger partial charge < -0.3 is 10.3 Å². The molecule has 19 heavy (non-hydrogen) atoms. The minimum Gasteiger partial charge on any atom is -0.339 e. The molecule has 1 unspecified atom stereocenters. The molecular formula is C14H17N3OS. The molecule has 1 aromatic carbocycles. The molecule has 1 heterocycles. The van der Waals surface area contributed by atoms with Crippen LogP contribution in [0.25, 0.3) is 0 Å². The van der Waals surface area contributed by atoms with E-state index in [4.69, 9.17) is 10.3 Å². The maximum atomic E-state index is 6.05. The smallest absolute Gasteiger partial charge is 0.228 e. The Kier molecular flexibility index (Phi) is 3.84. The van der Waals surface area contributed by atoms with E-state index in [0.717, 1.165) is 11.6 Å². The highest BCUT2D eigenvalue weighted by molar-refractivity contribution is 7.98. The molecule has 1 aliphatic rings. The molecule has 2 aromatic rings. The van der Waals surface area contributed by atoms with Gasteiger partial charge in [0.2, 0.25) is 5.89 Å². The first-order valence-corrected chi connectivity index (χ1v) is 7.55. The van der Waals surface area contributed by atoms with Gasteiger partial charge in [-0.15, -0.1) is 11.8 Å². The van der Waals surface area contributed by atoms with Crippen molar-refractivity contribution in [3.8, 4) is 0 Å². The van der Waals surface area contributed by atoms with Gasteiger partial charge in [0.05, 0.1) is 5.75 Å². The first-order chi connectivity index (χ1) is 9.31. The molecule has 1 fully saturated rings. The van der Waals surface area contributed by atoms with E-state index in [1.54, 1.807) is 11.8 Å². The molecule has 5 heteroatoms. The molecule has 0 radical (unpaired) electrons. The first-order valence-electron chi connectivity index (χ1n) is 6.56. The number of hydrogen-bond donors (Lipinski definition) is 1. The van der Waals surface area contributed by atoms with Gasteiger partial charge in [-0.05, 0) is 30.9 Å². The van der Waals surface area contributed by atoms with E-state index < -0.39 is 0 Å². The molecule has 0 amide bonds. The zero-order chi connectivity index (χ0) is 13.1. The van der Waals surface area contributed by atoms with Crippen LogP contribution in [0.1, 0.15) is 24.6 Å². The molecule has 0 saturated heterocycles. The quantitative estimate of drug-likeness (QED) is 0.821. The molecule has 4 nitrogen and oxygen atoms in total. The fourth-order valence-electron chi connectivity index (χ4n) is 1.99. The van der Waals surface area contributed by atoms with Crippen molar-refractivity contribution >= 4 is 11.8 Å². The van der Waals surface area contributed by atoms with Gasteiger partial charge in [0, 0.05) is 17.4 Å². The number of thioether (sulfide) groups is 1. The molecule has 0 spiro atoms. The van der Waals surface area contributed by atoms with Gasteiger partial charge in [0.25, 0.3) is 0 Å². The van der Waals surface area contributed by atoms with E-state index in [1.807, 2.05) is 18.2 Å². The molecular weight excluding hydrogens is 258 g/mol. The van der Waals surface area contributed by atoms with Gasteiger partial charge in [0.1, 0.15) is 0 Å². The Labute approximate surface area is 116 Å². The van der Waals surface area contributed by atoms with Crippen molar-refractivity contribution in [2.24, 2.45) is 11.7 Å². The van der Waals surface area contributed by atoms with Gasteiger partial charge in [-0.2, -0.15) is 4.98 Å². The van der Waals surface area contributed by atoms with E-state index >= 15 is 0 Å². The maximum Gasteiger partial charge on any atom is 0.228 e. The predicted octanol–water partition coefficient (Wildman–Crippen LogP) is 2.64. The third-order valence-corrected chi connectivity index (χ3v) is 4.27. The Morgan fingerprint density at radius 2 is 2.11 bits per heavy atom. The Morgan fingerprint density at radius 1 is 1.32 bits per heavy atom. The second-order valence-corrected chi connectivity index (χ2v) is 5.96. The Bertz CT molecular complexity index is 524. The van der Waals surface area contributed by atoms with Crippen LogP contribution in [-0.2, 0) is 12.2 Å². The van der Waals surface area contributed by atoms with Gasteiger partial charge in [0.15, 0.2) is 5.82 Å². The van der Waals surface area contributed by atoms with Crippen molar-refractivity contribution in [3.63, 3.8) is 0 Å². The first kappa shape index (κ1) is 12.7. The molecule has 100 valence electrons. The van der Waals surface area contributed by atoms with E-state index in [1.165, 1.54) is 17.7 Å². The predicted molar refractivity (Wildman–Crippen MR) is 74.7 cm³/mol. The highest BCUT2D eigenvalue weighted by Gasteiger charge is 2.29. The van der Waals surface area contributed by atoms with E-state index in [0.29, 0.717) is 18.2 Å². The molecule has 2 N–H and O–H groups in total. The number of rotatable bonds is 6. The van der Waals surface area contributed by atoms with E-state index in [2.05, 4.69) is 22.3 Å². The van der Waals surface area contributed by atoms with Crippen LogP contribution in [-0.4, -0.2) is 16.2 Å². The molecule has 1 atom stereocenters. The monoisotopic (exact) mass is 275 g/mol. The van der Waals surface area contributed by atoms with Crippen LogP contribution in [0.3, 0.4) is 0 Å². The molecule has 1 saturated carbocycles. The van der Waals surface area contributed by atoms with Crippen LogP contribution in [0, 0.1) is 5.92 Å². The standard InChI is InChI=1S/C14H17N3OS/c15-12(10-6-7-10)8-14-16-13(17-18-14)9-19-11-4-2-1-3-5-11/h1-5,10,12H,6-9,15H2. The van der Waals surface area contributed by atoms with Crippen molar-refractivity contribution in [2.75, 3.05) is 0 Å². The normalized spacial score (nSPS) is 16.5. The van der Waals surface area contributed by atoms with Crippen LogP contribution in [0.2, 0.25) is 0 Å². The minimum atomic E-state index is 0.176. The lowest BCUT2D eigenvalue weighted by molar-refractivity contribution is 0.360. The number of hydrogen-bond acceptors (Lipinski definition) is 5. The van der Waals surface area contributed by atoms with Crippen molar-refractivity contribution in [3.05, 3.63) is 42.0 Å². The van der Waals surface area contributed by atoms with Gasteiger partial charge in [-0.25, -0.2) is 0 Å². The zero-order valence-electron chi connectivity index (χ0n) is 10.7. The number of aromatic nitrogens is 2. The summed E-state index contributed by atoms with van der Waals surface area (Å²) in [7, 11) is 0. The highest BCUT2D eigenvalue weighted by Crippen LogP contribution is 2.32. The third-order valence-electron chi connectivity index (χ3n) is 3.26. The lowest BCUT2D eigenvalue weighted by Gasteiger charge is -2.04. The SMILES string of the molecule is NC(Cc1nc(CSc2ccccc2)no1)C1CC1. The van der Waals surface area contributed by atoms with Crippen molar-refractivity contribution in [1.82, 2.24) is 10.1 Å². The second kappa shape index (κ2) is 5.75. The molecule has 0 bridgehead atoms. The molecule has 0 aliphatic heterocycles. The van der Waals surface area contributed by atoms with Crippen molar-refractivity contribution < 1.29 is 4.52 Å². The summed E-state index contributed by atoms with van der Waals surface area (Å²) >= 11 is 1.71. The van der Waals surface area contributed by atoms with Gasteiger partial charge in [-0.3, -0.25) is 0 Å². The number of benzene rings is 1. The van der Waals surface area contributed by atoms with Crippen molar-refractivity contribution in [2.45, 2.75) is 36.0 Å². The molecule has 1 aromatic heterocycles. The van der Waals surface area contributed by atoms with Crippen LogP contribution >= 0.6 is 11.8 Å². The number of nitrogens with zero attached hydrogens (tertiary/aromatic N) is 2. The van der Waals surface area contributed by atoms with Crippen LogP contribution < -0.4 is 5.73 Å². The molecule has 3 rings (SSSR count). The van der Waals surface area contributed by atoms with Crippen LogP contribution in [0.4, 0.5) is 0 Å². The fourth-order valence-corrected chi connectivity index (χ4v) is 2.75. The summed E-state index contributed by atoms with van der Waals surface area (Å²) in [5.74, 6) is 2.80. The van der Waals surface area contributed by atoms with Crippen molar-refractivity contribution in [1.29, 1.82) is 0 Å². The van der Waals surface area contributed by atoms with Crippen LogP contribution in [0.5, 0.6) is 0 Å². The lowest BCUT2D eigenvalue weighted by atomic mass is 10.1. The summed E-state index contributed by atoms with van der Waals surface area (Å²) in [6, 6.07) is 10.4. The van der Waals surface area contributed by atoms with Gasteiger partial charge >= 0.3 is 0 Å². The minimum absolute atomic E-state index is 0.176. The highest BCUT2D eigenvalue weighted by atomic mass is 32.2. The van der Waals surface area contributed by atoms with Crippen LogP contribution in [0.15, 0.2) is 39.8 Å². The van der Waals surface area contributed by atoms with Gasteiger partial charge in [-0.1, -0.05) is 23.4 Å². The lowest BCUT2D eigenvalue weighted by Crippen LogP contribution is -2.25. The van der Waals surface area contributed by atoms with E-state index in [9.17, 15) is 0 Å². The summed E-state index contributed by atoms with van der Waals surface area (Å²) in [5.41, 5.74) is 6.05. The number of nitrogens with two attached hydrogens (primary N) is 1. The summed E-state index contributed by atoms with van der Waals surface area (Å²) < 4.78 is 5.25. The third kappa shape index (κ3) is 3.58. The average Bonchev–Trinajstić information content (AvgIpc) is 3.20. The summed E-state index contributed by atoms with van der Waals surface area (Å²) in [4.78, 5) is 5.61. The average molecular weight is 275 g/mol. The Morgan fingerprint density at radius 3 is 2.84 bits per heavy atom. The Balaban J connectivity index is 1.53. The summed E-state index contributed by atoms with van der Waals surface area (Å²) in [6.45, 7) is 0. The second-order valence-electron chi connectivity index (χ2n) is 4.91.